The Balaban J connectivity index is 4.05. The average molecular weight is 232 g/mol. The molecule has 15 heavy (non-hydrogen) atoms. The molecule has 0 spiro atoms. The number of hydrogen-bond donors (Lipinski definition) is 2. The number of rotatable bonds is 1. The predicted molar refractivity (Wildman–Crippen MR) is 60.4 cm³/mol. The van der Waals surface area contributed by atoms with Gasteiger partial charge in [0, 0.05) is 5.41 Å². The Morgan fingerprint density at radius 2 is 1.80 bits per heavy atom. The molecule has 0 radical (unpaired) electrons. The van der Waals surface area contributed by atoms with Crippen LogP contribution in [-0.2, 0) is 9.53 Å². The highest BCUT2D eigenvalue weighted by atomic mass is 32.1. The van der Waals surface area contributed by atoms with Gasteiger partial charge in [0.05, 0.1) is 6.61 Å². The number of carbonyl (C=O) groups is 2. The van der Waals surface area contributed by atoms with Gasteiger partial charge in [-0.1, -0.05) is 20.8 Å². The van der Waals surface area contributed by atoms with Gasteiger partial charge in [-0.25, -0.2) is 4.79 Å². The van der Waals surface area contributed by atoms with Gasteiger partial charge in [-0.15, -0.1) is 0 Å². The second-order valence-corrected chi connectivity index (χ2v) is 4.29. The Kier molecular flexibility index (Phi) is 5.21. The van der Waals surface area contributed by atoms with Crippen LogP contribution < -0.4 is 10.6 Å². The lowest BCUT2D eigenvalue weighted by molar-refractivity contribution is -0.126. The van der Waals surface area contributed by atoms with Crippen LogP contribution in [0.2, 0.25) is 0 Å². The Bertz CT molecular complexity index is 271. The van der Waals surface area contributed by atoms with E-state index in [1.54, 1.807) is 27.7 Å². The lowest BCUT2D eigenvalue weighted by atomic mass is 9.96. The lowest BCUT2D eigenvalue weighted by Gasteiger charge is -2.17. The second kappa shape index (κ2) is 5.65. The molecule has 0 aromatic rings. The van der Waals surface area contributed by atoms with E-state index in [0.29, 0.717) is 0 Å². The third-order valence-corrected chi connectivity index (χ3v) is 1.60. The number of carbonyl (C=O) groups excluding carboxylic acids is 2. The minimum Gasteiger partial charge on any atom is -0.450 e. The summed E-state index contributed by atoms with van der Waals surface area (Å²) in [5.41, 5.74) is -0.555. The number of thiocarbonyl (C=S) groups is 1. The van der Waals surface area contributed by atoms with Crippen molar-refractivity contribution in [1.29, 1.82) is 0 Å². The van der Waals surface area contributed by atoms with E-state index in [1.165, 1.54) is 0 Å². The molecule has 86 valence electrons. The van der Waals surface area contributed by atoms with Crippen LogP contribution in [0.3, 0.4) is 0 Å². The predicted octanol–water partition coefficient (Wildman–Crippen LogP) is 1.18. The quantitative estimate of drug-likeness (QED) is 0.666. The van der Waals surface area contributed by atoms with Gasteiger partial charge in [-0.3, -0.25) is 10.1 Å². The van der Waals surface area contributed by atoms with Crippen molar-refractivity contribution in [2.24, 2.45) is 5.41 Å². The van der Waals surface area contributed by atoms with Crippen molar-refractivity contribution in [2.75, 3.05) is 6.61 Å². The van der Waals surface area contributed by atoms with Crippen molar-refractivity contribution >= 4 is 29.3 Å². The summed E-state index contributed by atoms with van der Waals surface area (Å²) in [4.78, 5) is 22.3. The zero-order valence-corrected chi connectivity index (χ0v) is 10.2. The first-order valence-corrected chi connectivity index (χ1v) is 4.97. The van der Waals surface area contributed by atoms with Gasteiger partial charge in [0.15, 0.2) is 5.11 Å². The van der Waals surface area contributed by atoms with Gasteiger partial charge >= 0.3 is 6.09 Å². The number of nitrogens with one attached hydrogen (secondary N) is 2. The summed E-state index contributed by atoms with van der Waals surface area (Å²) in [6.45, 7) is 7.16. The molecule has 0 heterocycles. The molecule has 0 unspecified atom stereocenters. The Hall–Kier alpha value is -1.17. The van der Waals surface area contributed by atoms with E-state index < -0.39 is 11.5 Å². The zero-order chi connectivity index (χ0) is 12.1. The molecule has 6 heteroatoms. The molecular formula is C9H16N2O3S. The van der Waals surface area contributed by atoms with Crippen LogP contribution in [0.15, 0.2) is 0 Å². The highest BCUT2D eigenvalue weighted by Gasteiger charge is 2.22. The van der Waals surface area contributed by atoms with Crippen LogP contribution in [0, 0.1) is 5.41 Å². The monoisotopic (exact) mass is 232 g/mol. The molecule has 0 aromatic heterocycles. The van der Waals surface area contributed by atoms with Gasteiger partial charge in [-0.05, 0) is 19.1 Å². The first-order chi connectivity index (χ1) is 6.77. The smallest absolute Gasteiger partial charge is 0.413 e. The van der Waals surface area contributed by atoms with E-state index in [1.807, 2.05) is 0 Å². The molecule has 0 fully saturated rings. The van der Waals surface area contributed by atoms with Gasteiger partial charge in [0.2, 0.25) is 5.91 Å². The van der Waals surface area contributed by atoms with Crippen LogP contribution in [0.4, 0.5) is 4.79 Å². The molecule has 2 N–H and O–H groups in total. The zero-order valence-electron chi connectivity index (χ0n) is 9.34. The highest BCUT2D eigenvalue weighted by molar-refractivity contribution is 7.80. The summed E-state index contributed by atoms with van der Waals surface area (Å²) < 4.78 is 4.59. The van der Waals surface area contributed by atoms with E-state index in [-0.39, 0.29) is 17.6 Å². The Morgan fingerprint density at radius 3 is 2.20 bits per heavy atom. The van der Waals surface area contributed by atoms with Crippen LogP contribution in [-0.4, -0.2) is 23.7 Å². The minimum atomic E-state index is -0.670. The number of amides is 2. The standard InChI is InChI=1S/C9H16N2O3S/c1-5-14-8(13)11-7(15)10-6(12)9(2,3)4/h5H2,1-4H3,(H2,10,11,12,13,15). The molecule has 0 atom stereocenters. The third kappa shape index (κ3) is 6.01. The van der Waals surface area contributed by atoms with E-state index in [9.17, 15) is 9.59 Å². The first-order valence-electron chi connectivity index (χ1n) is 4.56. The van der Waals surface area contributed by atoms with Crippen LogP contribution in [0.25, 0.3) is 0 Å². The summed E-state index contributed by atoms with van der Waals surface area (Å²) in [5.74, 6) is -0.260. The van der Waals surface area contributed by atoms with E-state index in [4.69, 9.17) is 12.2 Å². The van der Waals surface area contributed by atoms with Crippen molar-refractivity contribution in [2.45, 2.75) is 27.7 Å². The summed E-state index contributed by atoms with van der Waals surface area (Å²) in [6.07, 6.45) is -0.670. The summed E-state index contributed by atoms with van der Waals surface area (Å²) in [5, 5.41) is 4.56. The van der Waals surface area contributed by atoms with Gasteiger partial charge in [0.25, 0.3) is 0 Å². The maximum absolute atomic E-state index is 11.4. The molecule has 0 bridgehead atoms. The van der Waals surface area contributed by atoms with E-state index >= 15 is 0 Å². The average Bonchev–Trinajstić information content (AvgIpc) is 2.01. The Labute approximate surface area is 94.6 Å². The van der Waals surface area contributed by atoms with Gasteiger partial charge < -0.3 is 10.1 Å². The Morgan fingerprint density at radius 1 is 1.27 bits per heavy atom. The fourth-order valence-corrected chi connectivity index (χ4v) is 0.758. The second-order valence-electron chi connectivity index (χ2n) is 3.88. The maximum atomic E-state index is 11.4. The fourth-order valence-electron chi connectivity index (χ4n) is 0.582. The van der Waals surface area contributed by atoms with Gasteiger partial charge in [0.1, 0.15) is 0 Å². The molecule has 0 rings (SSSR count). The first kappa shape index (κ1) is 13.8. The molecule has 0 aliphatic rings. The number of alkyl carbamates (subject to hydrolysis) is 1. The molecule has 0 aromatic carbocycles. The van der Waals surface area contributed by atoms with E-state index in [2.05, 4.69) is 15.4 Å². The normalized spacial score (nSPS) is 10.4. The lowest BCUT2D eigenvalue weighted by Crippen LogP contribution is -2.46. The summed E-state index contributed by atoms with van der Waals surface area (Å²) in [6, 6.07) is 0. The van der Waals surface area contributed by atoms with Crippen molar-refractivity contribution in [1.82, 2.24) is 10.6 Å². The van der Waals surface area contributed by atoms with Crippen molar-refractivity contribution in [3.05, 3.63) is 0 Å². The molecule has 5 nitrogen and oxygen atoms in total. The number of hydrogen-bond acceptors (Lipinski definition) is 4. The summed E-state index contributed by atoms with van der Waals surface area (Å²) in [7, 11) is 0. The molecule has 0 aliphatic carbocycles. The molecule has 0 aliphatic heterocycles. The van der Waals surface area contributed by atoms with Crippen molar-refractivity contribution < 1.29 is 14.3 Å². The molecule has 0 saturated carbocycles. The van der Waals surface area contributed by atoms with Gasteiger partial charge in [-0.2, -0.15) is 0 Å². The fraction of sp³-hybridized carbons (Fsp3) is 0.667. The maximum Gasteiger partial charge on any atom is 0.413 e. The number of ether oxygens (including phenoxy) is 1. The molecule has 0 saturated heterocycles. The van der Waals surface area contributed by atoms with Crippen LogP contribution in [0.1, 0.15) is 27.7 Å². The van der Waals surface area contributed by atoms with Crippen molar-refractivity contribution in [3.8, 4) is 0 Å². The third-order valence-electron chi connectivity index (χ3n) is 1.40. The largest absolute Gasteiger partial charge is 0.450 e. The van der Waals surface area contributed by atoms with Crippen LogP contribution >= 0.6 is 12.2 Å². The molecule has 2 amide bonds. The molecular weight excluding hydrogens is 216 g/mol. The summed E-state index contributed by atoms with van der Waals surface area (Å²) >= 11 is 4.75. The highest BCUT2D eigenvalue weighted by Crippen LogP contribution is 2.11. The van der Waals surface area contributed by atoms with E-state index in [0.717, 1.165) is 0 Å². The topological polar surface area (TPSA) is 67.4 Å². The van der Waals surface area contributed by atoms with Crippen LogP contribution in [0.5, 0.6) is 0 Å². The minimum absolute atomic E-state index is 0.0478. The van der Waals surface area contributed by atoms with Crippen molar-refractivity contribution in [3.63, 3.8) is 0 Å². The SMILES string of the molecule is CCOC(=O)NC(=S)NC(=O)C(C)(C)C.